The van der Waals surface area contributed by atoms with E-state index >= 15 is 0 Å². The first-order valence-electron chi connectivity index (χ1n) is 9.15. The molecule has 1 nitrogen and oxygen atoms in total. The SMILES string of the molecule is C=Cc1ccc([B-]c2c(F)c(F)c(COc3c(F)c(F)c(C=C)c(F)c3F)c(F)c2F)cc1. The molecule has 0 unspecified atom stereocenters. The standard InChI is InChI=1S/C23H12BF8O/c1-3-10-5-7-11(8-6-10)24-14-19(29)17(27)13(18(28)20(14)30)9-33-23-21(31)15(25)12(4-2)16(26)22(23)32/h3-8H,1-2,9H2/q-1. The Morgan fingerprint density at radius 1 is 0.667 bits per heavy atom. The first kappa shape index (κ1) is 24.1. The highest BCUT2D eigenvalue weighted by Gasteiger charge is 2.27. The Labute approximate surface area is 183 Å². The number of hydrogen-bond acceptors (Lipinski definition) is 1. The molecule has 33 heavy (non-hydrogen) atoms. The van der Waals surface area contributed by atoms with Gasteiger partial charge < -0.3 is 4.74 Å². The summed E-state index contributed by atoms with van der Waals surface area (Å²) in [5.74, 6) is -16.9. The van der Waals surface area contributed by atoms with Gasteiger partial charge in [-0.3, -0.25) is 5.46 Å². The van der Waals surface area contributed by atoms with E-state index in [2.05, 4.69) is 17.9 Å². The van der Waals surface area contributed by atoms with Crippen LogP contribution >= 0.6 is 0 Å². The van der Waals surface area contributed by atoms with E-state index in [1.165, 1.54) is 18.2 Å². The van der Waals surface area contributed by atoms with Gasteiger partial charge in [-0.05, 0) is 5.56 Å². The summed E-state index contributed by atoms with van der Waals surface area (Å²) < 4.78 is 118. The van der Waals surface area contributed by atoms with Crippen molar-refractivity contribution in [3.05, 3.63) is 101 Å². The van der Waals surface area contributed by atoms with Crippen LogP contribution in [-0.4, -0.2) is 7.28 Å². The summed E-state index contributed by atoms with van der Waals surface area (Å²) in [5, 5.41) is 0. The van der Waals surface area contributed by atoms with Gasteiger partial charge in [-0.2, -0.15) is 14.2 Å². The Kier molecular flexibility index (Phi) is 6.95. The minimum Gasteiger partial charge on any atom is -0.482 e. The maximum Gasteiger partial charge on any atom is 0.204 e. The van der Waals surface area contributed by atoms with E-state index in [4.69, 9.17) is 0 Å². The van der Waals surface area contributed by atoms with Gasteiger partial charge in [0.15, 0.2) is 29.0 Å². The van der Waals surface area contributed by atoms with E-state index in [1.54, 1.807) is 12.1 Å². The molecule has 3 aromatic carbocycles. The Hall–Kier alpha value is -3.56. The smallest absolute Gasteiger partial charge is 0.204 e. The minimum atomic E-state index is -2.02. The van der Waals surface area contributed by atoms with Gasteiger partial charge in [0.1, 0.15) is 18.2 Å². The summed E-state index contributed by atoms with van der Waals surface area (Å²) in [7, 11) is 0.840. The summed E-state index contributed by atoms with van der Waals surface area (Å²) in [6.07, 6.45) is 2.01. The molecule has 0 N–H and O–H groups in total. The predicted molar refractivity (Wildman–Crippen MR) is 109 cm³/mol. The normalized spacial score (nSPS) is 10.9. The fourth-order valence-corrected chi connectivity index (χ4v) is 2.92. The second-order valence-electron chi connectivity index (χ2n) is 6.65. The van der Waals surface area contributed by atoms with Crippen LogP contribution < -0.4 is 15.7 Å². The Balaban J connectivity index is 1.96. The highest BCUT2D eigenvalue weighted by molar-refractivity contribution is 6.67. The van der Waals surface area contributed by atoms with Gasteiger partial charge in [-0.25, -0.2) is 33.6 Å². The fraction of sp³-hybridized carbons (Fsp3) is 0.0435. The third-order valence-electron chi connectivity index (χ3n) is 4.69. The van der Waals surface area contributed by atoms with Crippen molar-refractivity contribution in [1.82, 2.24) is 0 Å². The molecule has 0 aromatic heterocycles. The number of benzene rings is 3. The quantitative estimate of drug-likeness (QED) is 0.260. The monoisotopic (exact) mass is 467 g/mol. The van der Waals surface area contributed by atoms with Gasteiger partial charge in [-0.15, -0.1) is 12.1 Å². The molecule has 0 aliphatic rings. The summed E-state index contributed by atoms with van der Waals surface area (Å²) in [6.45, 7) is 5.07. The molecule has 10 heteroatoms. The molecular formula is C23H12BF8O-. The van der Waals surface area contributed by atoms with E-state index in [1.807, 2.05) is 0 Å². The Morgan fingerprint density at radius 3 is 1.64 bits per heavy atom. The van der Waals surface area contributed by atoms with E-state index < -0.39 is 75.5 Å². The van der Waals surface area contributed by atoms with Gasteiger partial charge in [0.25, 0.3) is 0 Å². The molecule has 0 atom stereocenters. The molecule has 0 aliphatic heterocycles. The summed E-state index contributed by atoms with van der Waals surface area (Å²) in [5.41, 5.74) is -2.67. The van der Waals surface area contributed by atoms with Crippen molar-refractivity contribution in [1.29, 1.82) is 0 Å². The van der Waals surface area contributed by atoms with Crippen molar-refractivity contribution < 1.29 is 39.9 Å². The Bertz CT molecular complexity index is 1200. The molecule has 0 heterocycles. The minimum absolute atomic E-state index is 0.207. The van der Waals surface area contributed by atoms with E-state index in [-0.39, 0.29) is 5.46 Å². The van der Waals surface area contributed by atoms with Gasteiger partial charge in [0, 0.05) is 0 Å². The topological polar surface area (TPSA) is 9.23 Å². The summed E-state index contributed by atoms with van der Waals surface area (Å²) >= 11 is 0. The maximum atomic E-state index is 14.5. The lowest BCUT2D eigenvalue weighted by Crippen LogP contribution is -2.35. The zero-order chi connectivity index (χ0) is 24.4. The Morgan fingerprint density at radius 2 is 1.18 bits per heavy atom. The van der Waals surface area contributed by atoms with E-state index in [0.717, 1.165) is 7.28 Å². The molecule has 3 rings (SSSR count). The fourth-order valence-electron chi connectivity index (χ4n) is 2.92. The third kappa shape index (κ3) is 4.37. The van der Waals surface area contributed by atoms with Crippen molar-refractivity contribution in [2.45, 2.75) is 6.61 Å². The molecule has 0 amide bonds. The van der Waals surface area contributed by atoms with Crippen molar-refractivity contribution >= 4 is 30.4 Å². The first-order valence-corrected chi connectivity index (χ1v) is 9.15. The van der Waals surface area contributed by atoms with Crippen LogP contribution in [0, 0.1) is 46.5 Å². The average Bonchev–Trinajstić information content (AvgIpc) is 2.82. The molecule has 0 saturated carbocycles. The molecular weight excluding hydrogens is 455 g/mol. The lowest BCUT2D eigenvalue weighted by molar-refractivity contribution is 0.249. The van der Waals surface area contributed by atoms with Crippen LogP contribution in [-0.2, 0) is 6.61 Å². The summed E-state index contributed by atoms with van der Waals surface area (Å²) in [6, 6.07) is 5.93. The van der Waals surface area contributed by atoms with Crippen molar-refractivity contribution in [2.75, 3.05) is 0 Å². The van der Waals surface area contributed by atoms with Crippen molar-refractivity contribution in [3.63, 3.8) is 0 Å². The van der Waals surface area contributed by atoms with Gasteiger partial charge in [-0.1, -0.05) is 37.4 Å². The molecule has 0 spiro atoms. The van der Waals surface area contributed by atoms with E-state index in [9.17, 15) is 35.1 Å². The van der Waals surface area contributed by atoms with Crippen LogP contribution in [0.1, 0.15) is 16.7 Å². The number of hydrogen-bond donors (Lipinski definition) is 0. The van der Waals surface area contributed by atoms with Gasteiger partial charge >= 0.3 is 0 Å². The van der Waals surface area contributed by atoms with Crippen molar-refractivity contribution in [3.8, 4) is 5.75 Å². The van der Waals surface area contributed by atoms with Crippen LogP contribution in [0.3, 0.4) is 0 Å². The average molecular weight is 467 g/mol. The molecule has 0 aliphatic carbocycles. The first-order chi connectivity index (χ1) is 15.6. The zero-order valence-corrected chi connectivity index (χ0v) is 16.6. The lowest BCUT2D eigenvalue weighted by atomic mass is 9.63. The number of rotatable bonds is 7. The number of ether oxygens (including phenoxy) is 1. The maximum absolute atomic E-state index is 14.5. The van der Waals surface area contributed by atoms with E-state index in [0.29, 0.717) is 11.6 Å². The second-order valence-corrected chi connectivity index (χ2v) is 6.65. The molecule has 0 saturated heterocycles. The second kappa shape index (κ2) is 9.52. The zero-order valence-electron chi connectivity index (χ0n) is 16.6. The van der Waals surface area contributed by atoms with Crippen LogP contribution in [0.2, 0.25) is 0 Å². The number of halogens is 8. The van der Waals surface area contributed by atoms with Crippen LogP contribution in [0.15, 0.2) is 37.4 Å². The van der Waals surface area contributed by atoms with Gasteiger partial charge in [0.2, 0.25) is 11.6 Å². The lowest BCUT2D eigenvalue weighted by Gasteiger charge is -2.22. The third-order valence-corrected chi connectivity index (χ3v) is 4.69. The van der Waals surface area contributed by atoms with Gasteiger partial charge in [0.05, 0.1) is 11.1 Å². The highest BCUT2D eigenvalue weighted by atomic mass is 19.2. The molecule has 0 bridgehead atoms. The molecule has 170 valence electrons. The molecule has 3 aromatic rings. The van der Waals surface area contributed by atoms with Crippen LogP contribution in [0.4, 0.5) is 35.1 Å². The highest BCUT2D eigenvalue weighted by Crippen LogP contribution is 2.31. The largest absolute Gasteiger partial charge is 0.482 e. The van der Waals surface area contributed by atoms with Crippen LogP contribution in [0.5, 0.6) is 5.75 Å². The van der Waals surface area contributed by atoms with Crippen molar-refractivity contribution in [2.24, 2.45) is 0 Å². The predicted octanol–water partition coefficient (Wildman–Crippen LogP) is 5.32. The van der Waals surface area contributed by atoms with Crippen LogP contribution in [0.25, 0.3) is 12.2 Å². The summed E-state index contributed by atoms with van der Waals surface area (Å²) in [4.78, 5) is 0. The molecule has 2 radical (unpaired) electrons. The molecule has 0 fully saturated rings.